The highest BCUT2D eigenvalue weighted by molar-refractivity contribution is 5.96. The minimum atomic E-state index is -0.229. The number of nitrogen functional groups attached to an aromatic ring is 1. The van der Waals surface area contributed by atoms with Gasteiger partial charge in [-0.05, 0) is 36.2 Å². The maximum atomic E-state index is 12.1. The number of amides is 1. The molecule has 0 aliphatic carbocycles. The molecule has 0 bridgehead atoms. The maximum absolute atomic E-state index is 12.1. The molecule has 0 aliphatic heterocycles. The number of carbonyl (C=O) groups is 1. The number of nitrogens with one attached hydrogen (secondary N) is 1. The Hall–Kier alpha value is -2.75. The number of nitrogens with two attached hydrogens (primary N) is 1. The molecule has 1 heterocycles. The molecule has 0 radical (unpaired) electrons. The number of benzene rings is 2. The summed E-state index contributed by atoms with van der Waals surface area (Å²) in [7, 11) is 0. The molecule has 4 heteroatoms. The summed E-state index contributed by atoms with van der Waals surface area (Å²) in [4.78, 5) is 12.1. The van der Waals surface area contributed by atoms with E-state index in [2.05, 4.69) is 5.32 Å². The van der Waals surface area contributed by atoms with Gasteiger partial charge in [0.05, 0.1) is 0 Å². The lowest BCUT2D eigenvalue weighted by Gasteiger charge is -2.08. The van der Waals surface area contributed by atoms with Crippen molar-refractivity contribution in [3.8, 4) is 0 Å². The van der Waals surface area contributed by atoms with E-state index in [4.69, 9.17) is 10.2 Å². The van der Waals surface area contributed by atoms with Crippen LogP contribution in [0.2, 0.25) is 0 Å². The van der Waals surface area contributed by atoms with E-state index >= 15 is 0 Å². The van der Waals surface area contributed by atoms with Gasteiger partial charge in [-0.25, -0.2) is 0 Å². The highest BCUT2D eigenvalue weighted by Gasteiger charge is 2.12. The third-order valence-corrected chi connectivity index (χ3v) is 3.58. The van der Waals surface area contributed by atoms with Crippen molar-refractivity contribution in [1.82, 2.24) is 5.32 Å². The summed E-state index contributed by atoms with van der Waals surface area (Å²) in [5.74, 6) is 0.0887. The first kappa shape index (κ1) is 13.2. The first-order valence-corrected chi connectivity index (χ1v) is 6.76. The van der Waals surface area contributed by atoms with Gasteiger partial charge in [-0.15, -0.1) is 0 Å². The summed E-state index contributed by atoms with van der Waals surface area (Å²) in [5, 5.41) is 3.78. The normalized spacial score (nSPS) is 10.7. The molecule has 1 amide bonds. The summed E-state index contributed by atoms with van der Waals surface area (Å²) in [5.41, 5.74) is 9.28. The van der Waals surface area contributed by atoms with Crippen LogP contribution in [0, 0.1) is 6.92 Å². The average molecular weight is 280 g/mol. The minimum Gasteiger partial charge on any atom is -0.451 e. The Bertz CT molecular complexity index is 772. The fraction of sp³-hybridized carbons (Fsp3) is 0.118. The fourth-order valence-electron chi connectivity index (χ4n) is 2.25. The zero-order valence-corrected chi connectivity index (χ0v) is 11.7. The van der Waals surface area contributed by atoms with Crippen molar-refractivity contribution < 1.29 is 9.21 Å². The smallest absolute Gasteiger partial charge is 0.287 e. The predicted octanol–water partition coefficient (Wildman–Crippen LogP) is 3.25. The summed E-state index contributed by atoms with van der Waals surface area (Å²) < 4.78 is 5.54. The van der Waals surface area contributed by atoms with E-state index in [0.29, 0.717) is 17.9 Å². The highest BCUT2D eigenvalue weighted by atomic mass is 16.3. The minimum absolute atomic E-state index is 0.229. The Morgan fingerprint density at radius 1 is 1.19 bits per heavy atom. The van der Waals surface area contributed by atoms with Crippen molar-refractivity contribution in [3.05, 3.63) is 65.4 Å². The molecular formula is C17H16N2O2. The summed E-state index contributed by atoms with van der Waals surface area (Å²) in [6, 6.07) is 15.0. The van der Waals surface area contributed by atoms with Crippen LogP contribution in [0.3, 0.4) is 0 Å². The molecule has 0 spiro atoms. The van der Waals surface area contributed by atoms with Gasteiger partial charge in [0.15, 0.2) is 5.76 Å². The topological polar surface area (TPSA) is 68.3 Å². The molecule has 0 saturated carbocycles. The van der Waals surface area contributed by atoms with Gasteiger partial charge in [0.25, 0.3) is 5.91 Å². The molecule has 0 unspecified atom stereocenters. The molecule has 0 saturated heterocycles. The molecule has 1 aromatic heterocycles. The second kappa shape index (κ2) is 5.32. The molecular weight excluding hydrogens is 264 g/mol. The lowest BCUT2D eigenvalue weighted by molar-refractivity contribution is 0.0925. The van der Waals surface area contributed by atoms with Crippen LogP contribution in [-0.4, -0.2) is 5.91 Å². The van der Waals surface area contributed by atoms with Crippen molar-refractivity contribution in [2.75, 3.05) is 5.73 Å². The van der Waals surface area contributed by atoms with E-state index in [0.717, 1.165) is 22.2 Å². The molecule has 0 atom stereocenters. The predicted molar refractivity (Wildman–Crippen MR) is 83.0 cm³/mol. The van der Waals surface area contributed by atoms with Gasteiger partial charge in [0, 0.05) is 17.6 Å². The van der Waals surface area contributed by atoms with Crippen molar-refractivity contribution in [2.24, 2.45) is 0 Å². The lowest BCUT2D eigenvalue weighted by Crippen LogP contribution is -2.22. The van der Waals surface area contributed by atoms with Gasteiger partial charge in [-0.1, -0.05) is 30.3 Å². The zero-order chi connectivity index (χ0) is 14.8. The van der Waals surface area contributed by atoms with Crippen molar-refractivity contribution in [2.45, 2.75) is 13.5 Å². The van der Waals surface area contributed by atoms with Crippen LogP contribution in [-0.2, 0) is 6.54 Å². The van der Waals surface area contributed by atoms with Gasteiger partial charge in [0.1, 0.15) is 5.58 Å². The van der Waals surface area contributed by atoms with Crippen LogP contribution < -0.4 is 11.1 Å². The Morgan fingerprint density at radius 2 is 2.00 bits per heavy atom. The summed E-state index contributed by atoms with van der Waals surface area (Å²) >= 11 is 0. The Kier molecular flexibility index (Phi) is 3.36. The van der Waals surface area contributed by atoms with E-state index in [1.165, 1.54) is 0 Å². The van der Waals surface area contributed by atoms with Crippen LogP contribution >= 0.6 is 0 Å². The van der Waals surface area contributed by atoms with Crippen molar-refractivity contribution in [1.29, 1.82) is 0 Å². The second-order valence-corrected chi connectivity index (χ2v) is 4.96. The third-order valence-electron chi connectivity index (χ3n) is 3.58. The Balaban J connectivity index is 1.76. The van der Waals surface area contributed by atoms with E-state index in [1.54, 1.807) is 6.07 Å². The molecule has 3 aromatic rings. The summed E-state index contributed by atoms with van der Waals surface area (Å²) in [6.07, 6.45) is 0. The van der Waals surface area contributed by atoms with E-state index < -0.39 is 0 Å². The largest absolute Gasteiger partial charge is 0.451 e. The molecule has 4 nitrogen and oxygen atoms in total. The molecule has 21 heavy (non-hydrogen) atoms. The first-order valence-electron chi connectivity index (χ1n) is 6.76. The fourth-order valence-corrected chi connectivity index (χ4v) is 2.25. The van der Waals surface area contributed by atoms with Gasteiger partial charge in [-0.2, -0.15) is 0 Å². The molecule has 3 rings (SSSR count). The quantitative estimate of drug-likeness (QED) is 0.724. The molecule has 3 N–H and O–H groups in total. The van der Waals surface area contributed by atoms with Gasteiger partial charge < -0.3 is 15.5 Å². The Labute approximate surface area is 122 Å². The molecule has 106 valence electrons. The zero-order valence-electron chi connectivity index (χ0n) is 11.7. The average Bonchev–Trinajstić information content (AvgIpc) is 2.92. The standard InChI is InChI=1S/C17H16N2O2/c1-11-13(6-4-7-14(11)18)10-19-17(20)16-9-12-5-2-3-8-15(12)21-16/h2-9H,10,18H2,1H3,(H,19,20). The number of carbonyl (C=O) groups excluding carboxylic acids is 1. The maximum Gasteiger partial charge on any atom is 0.287 e. The van der Waals surface area contributed by atoms with E-state index in [-0.39, 0.29) is 5.91 Å². The molecule has 0 fully saturated rings. The van der Waals surface area contributed by atoms with Crippen LogP contribution in [0.4, 0.5) is 5.69 Å². The number of hydrogen-bond acceptors (Lipinski definition) is 3. The van der Waals surface area contributed by atoms with Crippen molar-refractivity contribution in [3.63, 3.8) is 0 Å². The van der Waals surface area contributed by atoms with Gasteiger partial charge in [0.2, 0.25) is 0 Å². The lowest BCUT2D eigenvalue weighted by atomic mass is 10.1. The van der Waals surface area contributed by atoms with Crippen LogP contribution in [0.1, 0.15) is 21.7 Å². The second-order valence-electron chi connectivity index (χ2n) is 4.96. The van der Waals surface area contributed by atoms with Gasteiger partial charge >= 0.3 is 0 Å². The van der Waals surface area contributed by atoms with Crippen LogP contribution in [0.15, 0.2) is 52.9 Å². The SMILES string of the molecule is Cc1c(N)cccc1CNC(=O)c1cc2ccccc2o1. The highest BCUT2D eigenvalue weighted by Crippen LogP contribution is 2.19. The number of hydrogen-bond donors (Lipinski definition) is 2. The number of fused-ring (bicyclic) bond motifs is 1. The number of anilines is 1. The number of para-hydroxylation sites is 1. The Morgan fingerprint density at radius 3 is 2.81 bits per heavy atom. The van der Waals surface area contributed by atoms with E-state index in [1.807, 2.05) is 49.4 Å². The molecule has 2 aromatic carbocycles. The molecule has 0 aliphatic rings. The van der Waals surface area contributed by atoms with Crippen LogP contribution in [0.25, 0.3) is 11.0 Å². The monoisotopic (exact) mass is 280 g/mol. The number of rotatable bonds is 3. The first-order chi connectivity index (χ1) is 10.1. The van der Waals surface area contributed by atoms with E-state index in [9.17, 15) is 4.79 Å². The van der Waals surface area contributed by atoms with Gasteiger partial charge in [-0.3, -0.25) is 4.79 Å². The number of furan rings is 1. The summed E-state index contributed by atoms with van der Waals surface area (Å²) in [6.45, 7) is 2.37. The third kappa shape index (κ3) is 2.60. The van der Waals surface area contributed by atoms with Crippen molar-refractivity contribution >= 4 is 22.6 Å². The van der Waals surface area contributed by atoms with Crippen LogP contribution in [0.5, 0.6) is 0 Å².